The number of nitrogens with one attached hydrogen (secondary N) is 1. The van der Waals surface area contributed by atoms with Gasteiger partial charge in [-0.2, -0.15) is 0 Å². The van der Waals surface area contributed by atoms with Crippen LogP contribution in [-0.4, -0.2) is 24.1 Å². The Morgan fingerprint density at radius 1 is 1.19 bits per heavy atom. The Morgan fingerprint density at radius 2 is 2.00 bits per heavy atom. The number of amides is 2. The van der Waals surface area contributed by atoms with Crippen molar-refractivity contribution in [2.24, 2.45) is 10.9 Å². The molecule has 0 spiro atoms. The molecule has 5 nitrogen and oxygen atoms in total. The van der Waals surface area contributed by atoms with Gasteiger partial charge in [0.25, 0.3) is 0 Å². The number of rotatable bonds is 3. The minimum Gasteiger partial charge on any atom is -0.324 e. The summed E-state index contributed by atoms with van der Waals surface area (Å²) in [7, 11) is 0. The topological polar surface area (TPSA) is 61.8 Å². The molecule has 27 heavy (non-hydrogen) atoms. The highest BCUT2D eigenvalue weighted by atomic mass is 16.2. The molecule has 2 aliphatic rings. The number of aryl methyl sites for hydroxylation is 1. The van der Waals surface area contributed by atoms with Gasteiger partial charge in [-0.05, 0) is 62.4 Å². The normalized spacial score (nSPS) is 18.4. The van der Waals surface area contributed by atoms with Gasteiger partial charge in [0.05, 0.1) is 17.3 Å². The molecular formula is C22H23N3O2. The summed E-state index contributed by atoms with van der Waals surface area (Å²) in [4.78, 5) is 32.3. The third-order valence-electron chi connectivity index (χ3n) is 5.51. The molecule has 0 radical (unpaired) electrons. The lowest BCUT2D eigenvalue weighted by molar-refractivity contribution is -0.122. The Bertz CT molecular complexity index is 948. The summed E-state index contributed by atoms with van der Waals surface area (Å²) in [5.41, 5.74) is 5.37. The Morgan fingerprint density at radius 3 is 2.85 bits per heavy atom. The summed E-state index contributed by atoms with van der Waals surface area (Å²) in [6.45, 7) is 3.98. The first-order valence-electron chi connectivity index (χ1n) is 9.38. The first-order chi connectivity index (χ1) is 13.0. The molecule has 0 unspecified atom stereocenters. The van der Waals surface area contributed by atoms with Crippen molar-refractivity contribution in [1.82, 2.24) is 0 Å². The fraction of sp³-hybridized carbons (Fsp3) is 0.318. The minimum absolute atomic E-state index is 0.0114. The first-order valence-corrected chi connectivity index (χ1v) is 9.38. The maximum atomic E-state index is 13.2. The predicted octanol–water partition coefficient (Wildman–Crippen LogP) is 4.16. The average Bonchev–Trinajstić information content (AvgIpc) is 3.08. The van der Waals surface area contributed by atoms with Crippen LogP contribution < -0.4 is 10.2 Å². The molecule has 1 aliphatic heterocycles. The van der Waals surface area contributed by atoms with Crippen LogP contribution in [0.25, 0.3) is 0 Å². The lowest BCUT2D eigenvalue weighted by Crippen LogP contribution is -2.41. The second-order valence-corrected chi connectivity index (χ2v) is 7.26. The maximum Gasteiger partial charge on any atom is 0.244 e. The van der Waals surface area contributed by atoms with Crippen LogP contribution in [0.15, 0.2) is 47.5 Å². The van der Waals surface area contributed by atoms with Crippen molar-refractivity contribution in [3.8, 4) is 0 Å². The van der Waals surface area contributed by atoms with Crippen LogP contribution in [0.1, 0.15) is 30.4 Å². The van der Waals surface area contributed by atoms with Crippen molar-refractivity contribution >= 4 is 34.6 Å². The van der Waals surface area contributed by atoms with Crippen molar-refractivity contribution in [3.05, 3.63) is 53.6 Å². The van der Waals surface area contributed by atoms with Crippen LogP contribution in [0, 0.1) is 19.8 Å². The van der Waals surface area contributed by atoms with Crippen LogP contribution >= 0.6 is 0 Å². The molecule has 1 N–H and O–H groups in total. The van der Waals surface area contributed by atoms with E-state index in [4.69, 9.17) is 4.99 Å². The van der Waals surface area contributed by atoms with Crippen LogP contribution in [0.3, 0.4) is 0 Å². The van der Waals surface area contributed by atoms with E-state index in [-0.39, 0.29) is 24.3 Å². The van der Waals surface area contributed by atoms with Gasteiger partial charge in [0.1, 0.15) is 6.54 Å². The average molecular weight is 361 g/mol. The van der Waals surface area contributed by atoms with Gasteiger partial charge < -0.3 is 10.2 Å². The van der Waals surface area contributed by atoms with E-state index in [1.54, 1.807) is 4.90 Å². The molecule has 138 valence electrons. The van der Waals surface area contributed by atoms with Gasteiger partial charge in [-0.3, -0.25) is 14.6 Å². The smallest absolute Gasteiger partial charge is 0.244 e. The number of nitrogens with zero attached hydrogens (tertiary/aromatic N) is 2. The molecule has 1 heterocycles. The number of aliphatic imine (C=N–C) groups is 1. The van der Waals surface area contributed by atoms with Crippen molar-refractivity contribution in [2.75, 3.05) is 16.8 Å². The predicted molar refractivity (Wildman–Crippen MR) is 108 cm³/mol. The summed E-state index contributed by atoms with van der Waals surface area (Å²) in [6.07, 6.45) is 2.63. The van der Waals surface area contributed by atoms with E-state index < -0.39 is 0 Å². The summed E-state index contributed by atoms with van der Waals surface area (Å²) < 4.78 is 0. The zero-order valence-corrected chi connectivity index (χ0v) is 15.7. The van der Waals surface area contributed by atoms with E-state index in [1.165, 1.54) is 0 Å². The van der Waals surface area contributed by atoms with Crippen molar-refractivity contribution in [3.63, 3.8) is 0 Å². The van der Waals surface area contributed by atoms with E-state index in [0.29, 0.717) is 5.69 Å². The van der Waals surface area contributed by atoms with Gasteiger partial charge in [0, 0.05) is 11.4 Å². The highest BCUT2D eigenvalue weighted by Gasteiger charge is 2.37. The molecule has 5 heteroatoms. The molecule has 1 aliphatic carbocycles. The second-order valence-electron chi connectivity index (χ2n) is 7.26. The largest absolute Gasteiger partial charge is 0.324 e. The molecule has 0 saturated heterocycles. The van der Waals surface area contributed by atoms with E-state index in [2.05, 4.69) is 5.32 Å². The van der Waals surface area contributed by atoms with Crippen LogP contribution in [0.2, 0.25) is 0 Å². The zero-order valence-electron chi connectivity index (χ0n) is 15.7. The minimum atomic E-state index is -0.203. The van der Waals surface area contributed by atoms with Crippen LogP contribution in [-0.2, 0) is 9.59 Å². The lowest BCUT2D eigenvalue weighted by Gasteiger charge is -2.24. The number of hydrogen-bond donors (Lipinski definition) is 1. The van der Waals surface area contributed by atoms with E-state index in [1.807, 2.05) is 56.3 Å². The lowest BCUT2D eigenvalue weighted by atomic mass is 10.0. The highest BCUT2D eigenvalue weighted by Crippen LogP contribution is 2.37. The first kappa shape index (κ1) is 17.5. The number of benzene rings is 2. The standard InChI is InChI=1S/C22H23N3O2/c1-14-7-5-10-17(15(14)2)24-21(26)13-25-20-12-4-3-9-19(20)23-18-11-6-8-16(18)22(25)27/h3-5,7,9-10,12,16H,6,8,11,13H2,1-2H3,(H,24,26)/t16-/m0/s1. The van der Waals surface area contributed by atoms with E-state index in [9.17, 15) is 9.59 Å². The fourth-order valence-corrected chi connectivity index (χ4v) is 3.86. The number of carbonyl (C=O) groups is 2. The van der Waals surface area contributed by atoms with E-state index in [0.717, 1.165) is 47.5 Å². The molecule has 1 fully saturated rings. The third kappa shape index (κ3) is 3.25. The van der Waals surface area contributed by atoms with Gasteiger partial charge in [-0.15, -0.1) is 0 Å². The van der Waals surface area contributed by atoms with Crippen molar-refractivity contribution < 1.29 is 9.59 Å². The number of anilines is 2. The molecule has 2 aromatic rings. The number of fused-ring (bicyclic) bond motifs is 2. The molecule has 1 atom stereocenters. The Hall–Kier alpha value is -2.95. The summed E-state index contributed by atoms with van der Waals surface area (Å²) in [5, 5.41) is 2.96. The molecule has 2 amide bonds. The third-order valence-corrected chi connectivity index (χ3v) is 5.51. The second kappa shape index (κ2) is 6.99. The Balaban J connectivity index is 1.62. The number of hydrogen-bond acceptors (Lipinski definition) is 3. The molecule has 0 aromatic heterocycles. The summed E-state index contributed by atoms with van der Waals surface area (Å²) >= 11 is 0. The summed E-state index contributed by atoms with van der Waals surface area (Å²) in [6, 6.07) is 13.4. The zero-order chi connectivity index (χ0) is 19.0. The van der Waals surface area contributed by atoms with Gasteiger partial charge >= 0.3 is 0 Å². The van der Waals surface area contributed by atoms with E-state index >= 15 is 0 Å². The van der Waals surface area contributed by atoms with Gasteiger partial charge in [0.15, 0.2) is 0 Å². The highest BCUT2D eigenvalue weighted by molar-refractivity contribution is 6.16. The Kier molecular flexibility index (Phi) is 4.52. The molecule has 4 rings (SSSR count). The van der Waals surface area contributed by atoms with Gasteiger partial charge in [-0.25, -0.2) is 0 Å². The number of carbonyl (C=O) groups excluding carboxylic acids is 2. The van der Waals surface area contributed by atoms with Gasteiger partial charge in [-0.1, -0.05) is 24.3 Å². The monoisotopic (exact) mass is 361 g/mol. The fourth-order valence-electron chi connectivity index (χ4n) is 3.86. The van der Waals surface area contributed by atoms with Gasteiger partial charge in [0.2, 0.25) is 11.8 Å². The van der Waals surface area contributed by atoms with Crippen LogP contribution in [0.4, 0.5) is 17.1 Å². The van der Waals surface area contributed by atoms with Crippen LogP contribution in [0.5, 0.6) is 0 Å². The molecule has 1 saturated carbocycles. The molecule has 0 bridgehead atoms. The quantitative estimate of drug-likeness (QED) is 0.892. The molecule has 2 aromatic carbocycles. The SMILES string of the molecule is Cc1cccc(NC(=O)CN2C(=O)[C@H]3CCCC3=Nc3ccccc32)c1C. The molecular weight excluding hydrogens is 338 g/mol. The van der Waals surface area contributed by atoms with Crippen molar-refractivity contribution in [1.29, 1.82) is 0 Å². The van der Waals surface area contributed by atoms with Crippen molar-refractivity contribution in [2.45, 2.75) is 33.1 Å². The number of para-hydroxylation sites is 2. The Labute approximate surface area is 159 Å². The maximum absolute atomic E-state index is 13.2. The summed E-state index contributed by atoms with van der Waals surface area (Å²) in [5.74, 6) is -0.425.